The largest absolute Gasteiger partial charge is 0.335 e. The second kappa shape index (κ2) is 5.73. The van der Waals surface area contributed by atoms with Crippen LogP contribution in [0.25, 0.3) is 0 Å². The molecule has 1 saturated carbocycles. The van der Waals surface area contributed by atoms with E-state index in [1.807, 2.05) is 4.90 Å². The molecule has 1 aromatic rings. The van der Waals surface area contributed by atoms with E-state index < -0.39 is 0 Å². The molecule has 0 N–H and O–H groups in total. The van der Waals surface area contributed by atoms with Gasteiger partial charge in [0.15, 0.2) is 0 Å². The molecular formula is C16H20N2O2. The highest BCUT2D eigenvalue weighted by Gasteiger charge is 2.39. The maximum Gasteiger partial charge on any atom is 0.255 e. The minimum absolute atomic E-state index is 0.0268. The number of hydrogen-bond acceptors (Lipinski definition) is 3. The van der Waals surface area contributed by atoms with E-state index in [0.717, 1.165) is 38.6 Å². The number of amides is 1. The molecule has 0 radical (unpaired) electrons. The highest BCUT2D eigenvalue weighted by atomic mass is 16.2. The molecule has 1 aliphatic heterocycles. The second-order valence-corrected chi connectivity index (χ2v) is 5.77. The molecule has 1 aromatic heterocycles. The maximum absolute atomic E-state index is 12.6. The number of rotatable bonds is 2. The summed E-state index contributed by atoms with van der Waals surface area (Å²) in [6, 6.07) is 3.69. The zero-order valence-electron chi connectivity index (χ0n) is 11.6. The molecule has 1 amide bonds. The molecule has 0 bridgehead atoms. The van der Waals surface area contributed by atoms with E-state index in [-0.39, 0.29) is 17.9 Å². The number of carbonyl (C=O) groups is 2. The third kappa shape index (κ3) is 2.47. The van der Waals surface area contributed by atoms with Crippen molar-refractivity contribution < 1.29 is 9.59 Å². The summed E-state index contributed by atoms with van der Waals surface area (Å²) in [5.41, 5.74) is 0.627. The van der Waals surface area contributed by atoms with Gasteiger partial charge in [0.1, 0.15) is 5.78 Å². The molecule has 3 rings (SSSR count). The van der Waals surface area contributed by atoms with Crippen molar-refractivity contribution in [3.05, 3.63) is 30.1 Å². The van der Waals surface area contributed by atoms with Crippen molar-refractivity contribution in [2.45, 2.75) is 44.6 Å². The Hall–Kier alpha value is -1.71. The molecule has 0 spiro atoms. The van der Waals surface area contributed by atoms with Gasteiger partial charge in [0.05, 0.1) is 5.56 Å². The molecule has 2 atom stereocenters. The Kier molecular flexibility index (Phi) is 3.81. The third-order valence-electron chi connectivity index (χ3n) is 4.53. The first kappa shape index (κ1) is 13.3. The Morgan fingerprint density at radius 2 is 2.15 bits per heavy atom. The standard InChI is InChI=1S/C16H20N2O2/c19-15-8-2-1-6-13(15)14-7-4-10-18(14)16(20)12-5-3-9-17-11-12/h3,5,9,11,13-14H,1-2,4,6-8,10H2. The molecule has 4 nitrogen and oxygen atoms in total. The number of nitrogens with zero attached hydrogens (tertiary/aromatic N) is 2. The van der Waals surface area contributed by atoms with Gasteiger partial charge < -0.3 is 4.90 Å². The summed E-state index contributed by atoms with van der Waals surface area (Å²) in [5, 5.41) is 0. The van der Waals surface area contributed by atoms with E-state index >= 15 is 0 Å². The van der Waals surface area contributed by atoms with E-state index in [0.29, 0.717) is 17.8 Å². The van der Waals surface area contributed by atoms with Gasteiger partial charge >= 0.3 is 0 Å². The fourth-order valence-electron chi connectivity index (χ4n) is 3.53. The molecule has 2 aliphatic rings. The van der Waals surface area contributed by atoms with Gasteiger partial charge in [-0.05, 0) is 37.8 Å². The molecule has 1 aliphatic carbocycles. The van der Waals surface area contributed by atoms with Crippen LogP contribution >= 0.6 is 0 Å². The molecular weight excluding hydrogens is 252 g/mol. The SMILES string of the molecule is O=C1CCCCC1C1CCCN1C(=O)c1cccnc1. The summed E-state index contributed by atoms with van der Waals surface area (Å²) < 4.78 is 0. The smallest absolute Gasteiger partial charge is 0.255 e. The Bertz CT molecular complexity index is 500. The number of carbonyl (C=O) groups excluding carboxylic acids is 2. The van der Waals surface area contributed by atoms with Crippen LogP contribution in [0.4, 0.5) is 0 Å². The summed E-state index contributed by atoms with van der Waals surface area (Å²) in [4.78, 5) is 30.6. The highest BCUT2D eigenvalue weighted by Crippen LogP contribution is 2.33. The van der Waals surface area contributed by atoms with E-state index in [2.05, 4.69) is 4.98 Å². The van der Waals surface area contributed by atoms with E-state index in [1.165, 1.54) is 0 Å². The third-order valence-corrected chi connectivity index (χ3v) is 4.53. The lowest BCUT2D eigenvalue weighted by Gasteiger charge is -2.33. The van der Waals surface area contributed by atoms with Crippen molar-refractivity contribution in [2.24, 2.45) is 5.92 Å². The number of pyridine rings is 1. The van der Waals surface area contributed by atoms with Crippen molar-refractivity contribution in [3.63, 3.8) is 0 Å². The minimum Gasteiger partial charge on any atom is -0.335 e. The van der Waals surface area contributed by atoms with Crippen LogP contribution in [-0.2, 0) is 4.79 Å². The number of likely N-dealkylation sites (tertiary alicyclic amines) is 1. The Balaban J connectivity index is 1.78. The van der Waals surface area contributed by atoms with Gasteiger partial charge in [0.25, 0.3) is 5.91 Å². The van der Waals surface area contributed by atoms with Crippen LogP contribution in [0.15, 0.2) is 24.5 Å². The zero-order chi connectivity index (χ0) is 13.9. The fraction of sp³-hybridized carbons (Fsp3) is 0.562. The average Bonchev–Trinajstić information content (AvgIpc) is 2.97. The number of ketones is 1. The fourth-order valence-corrected chi connectivity index (χ4v) is 3.53. The molecule has 2 unspecified atom stereocenters. The second-order valence-electron chi connectivity index (χ2n) is 5.77. The number of hydrogen-bond donors (Lipinski definition) is 0. The van der Waals surface area contributed by atoms with Crippen LogP contribution in [0.5, 0.6) is 0 Å². The summed E-state index contributed by atoms with van der Waals surface area (Å²) >= 11 is 0. The molecule has 2 heterocycles. The van der Waals surface area contributed by atoms with Gasteiger partial charge in [0, 0.05) is 37.3 Å². The average molecular weight is 272 g/mol. The Morgan fingerprint density at radius 1 is 1.25 bits per heavy atom. The molecule has 2 fully saturated rings. The summed E-state index contributed by atoms with van der Waals surface area (Å²) in [5.74, 6) is 0.443. The monoisotopic (exact) mass is 272 g/mol. The van der Waals surface area contributed by atoms with Crippen LogP contribution in [0, 0.1) is 5.92 Å². The van der Waals surface area contributed by atoms with Crippen LogP contribution in [0.2, 0.25) is 0 Å². The lowest BCUT2D eigenvalue weighted by molar-refractivity contribution is -0.126. The van der Waals surface area contributed by atoms with Crippen LogP contribution in [0.3, 0.4) is 0 Å². The normalized spacial score (nSPS) is 26.8. The first-order chi connectivity index (χ1) is 9.77. The van der Waals surface area contributed by atoms with Gasteiger partial charge in [-0.3, -0.25) is 14.6 Å². The van der Waals surface area contributed by atoms with Gasteiger partial charge in [-0.15, -0.1) is 0 Å². The molecule has 20 heavy (non-hydrogen) atoms. The predicted molar refractivity (Wildman–Crippen MR) is 75.3 cm³/mol. The lowest BCUT2D eigenvalue weighted by Crippen LogP contribution is -2.43. The lowest BCUT2D eigenvalue weighted by atomic mass is 9.81. The van der Waals surface area contributed by atoms with E-state index in [4.69, 9.17) is 0 Å². The highest BCUT2D eigenvalue weighted by molar-refractivity contribution is 5.95. The molecule has 0 aromatic carbocycles. The zero-order valence-corrected chi connectivity index (χ0v) is 11.6. The van der Waals surface area contributed by atoms with Crippen molar-refractivity contribution >= 4 is 11.7 Å². The van der Waals surface area contributed by atoms with Crippen LogP contribution < -0.4 is 0 Å². The van der Waals surface area contributed by atoms with Gasteiger partial charge in [0.2, 0.25) is 0 Å². The van der Waals surface area contributed by atoms with E-state index in [9.17, 15) is 9.59 Å². The minimum atomic E-state index is 0.0268. The molecule has 1 saturated heterocycles. The maximum atomic E-state index is 12.6. The predicted octanol–water partition coefficient (Wildman–Crippen LogP) is 2.45. The Morgan fingerprint density at radius 3 is 2.90 bits per heavy atom. The summed E-state index contributed by atoms with van der Waals surface area (Å²) in [7, 11) is 0. The van der Waals surface area contributed by atoms with Crippen LogP contribution in [-0.4, -0.2) is 34.2 Å². The quantitative estimate of drug-likeness (QED) is 0.831. The number of Topliss-reactive ketones (excluding diaryl/α,β-unsaturated/α-hetero) is 1. The van der Waals surface area contributed by atoms with E-state index in [1.54, 1.807) is 24.5 Å². The number of aromatic nitrogens is 1. The van der Waals surface area contributed by atoms with Gasteiger partial charge in [-0.1, -0.05) is 6.42 Å². The first-order valence-electron chi connectivity index (χ1n) is 7.51. The van der Waals surface area contributed by atoms with Crippen molar-refractivity contribution in [2.75, 3.05) is 6.54 Å². The van der Waals surface area contributed by atoms with Crippen LogP contribution in [0.1, 0.15) is 48.9 Å². The summed E-state index contributed by atoms with van der Waals surface area (Å²) in [6.07, 6.45) is 9.00. The van der Waals surface area contributed by atoms with Crippen molar-refractivity contribution in [1.29, 1.82) is 0 Å². The first-order valence-corrected chi connectivity index (χ1v) is 7.51. The summed E-state index contributed by atoms with van der Waals surface area (Å²) in [6.45, 7) is 0.766. The van der Waals surface area contributed by atoms with Crippen molar-refractivity contribution in [1.82, 2.24) is 9.88 Å². The molecule has 4 heteroatoms. The van der Waals surface area contributed by atoms with Gasteiger partial charge in [-0.2, -0.15) is 0 Å². The Labute approximate surface area is 119 Å². The van der Waals surface area contributed by atoms with Crippen molar-refractivity contribution in [3.8, 4) is 0 Å². The topological polar surface area (TPSA) is 50.3 Å². The molecule has 106 valence electrons. The van der Waals surface area contributed by atoms with Gasteiger partial charge in [-0.25, -0.2) is 0 Å².